The van der Waals surface area contributed by atoms with Gasteiger partial charge in [0.25, 0.3) is 0 Å². The second-order valence-corrected chi connectivity index (χ2v) is 8.58. The molecule has 1 aromatic rings. The molecule has 1 amide bonds. The van der Waals surface area contributed by atoms with Crippen molar-refractivity contribution < 1.29 is 9.90 Å². The van der Waals surface area contributed by atoms with Gasteiger partial charge in [-0.15, -0.1) is 35.3 Å². The van der Waals surface area contributed by atoms with Gasteiger partial charge in [-0.2, -0.15) is 0 Å². The molecule has 6 nitrogen and oxygen atoms in total. The van der Waals surface area contributed by atoms with E-state index in [1.165, 1.54) is 11.3 Å². The van der Waals surface area contributed by atoms with Gasteiger partial charge in [0.1, 0.15) is 6.10 Å². The van der Waals surface area contributed by atoms with Crippen molar-refractivity contribution in [2.75, 3.05) is 32.7 Å². The average molecular weight is 513 g/mol. The molecule has 1 spiro atoms. The summed E-state index contributed by atoms with van der Waals surface area (Å²) >= 11 is 7.32. The van der Waals surface area contributed by atoms with Gasteiger partial charge in [0.2, 0.25) is 5.91 Å². The van der Waals surface area contributed by atoms with Gasteiger partial charge in [-0.1, -0.05) is 11.6 Å². The Bertz CT molecular complexity index is 656. The minimum Gasteiger partial charge on any atom is -0.386 e. The summed E-state index contributed by atoms with van der Waals surface area (Å²) in [5, 5.41) is 16.6. The number of aliphatic hydroxyl groups is 1. The van der Waals surface area contributed by atoms with Crippen LogP contribution in [0.4, 0.5) is 0 Å². The first kappa shape index (κ1) is 21.7. The Balaban J connectivity index is 0.00000243. The van der Waals surface area contributed by atoms with Crippen molar-refractivity contribution in [1.82, 2.24) is 15.5 Å². The van der Waals surface area contributed by atoms with E-state index in [1.807, 2.05) is 13.0 Å². The molecule has 2 fully saturated rings. The Morgan fingerprint density at radius 1 is 1.58 bits per heavy atom. The van der Waals surface area contributed by atoms with Gasteiger partial charge >= 0.3 is 0 Å². The van der Waals surface area contributed by atoms with Crippen molar-refractivity contribution in [2.24, 2.45) is 10.4 Å². The van der Waals surface area contributed by atoms with E-state index in [0.717, 1.165) is 49.9 Å². The third-order valence-corrected chi connectivity index (χ3v) is 6.16. The highest BCUT2D eigenvalue weighted by Crippen LogP contribution is 2.36. The molecule has 0 radical (unpaired) electrons. The third-order valence-electron chi connectivity index (χ3n) is 4.83. The van der Waals surface area contributed by atoms with Crippen LogP contribution in [0, 0.1) is 5.41 Å². The fourth-order valence-electron chi connectivity index (χ4n) is 3.63. The number of guanidine groups is 1. The van der Waals surface area contributed by atoms with Crippen molar-refractivity contribution in [1.29, 1.82) is 0 Å². The number of amides is 1. The first-order chi connectivity index (χ1) is 12.0. The molecule has 2 aliphatic heterocycles. The number of rotatable bonds is 4. The predicted octanol–water partition coefficient (Wildman–Crippen LogP) is 2.62. The molecular formula is C17H26ClIN4O2S. The van der Waals surface area contributed by atoms with Crippen LogP contribution >= 0.6 is 46.9 Å². The van der Waals surface area contributed by atoms with Crippen LogP contribution < -0.4 is 10.6 Å². The normalized spacial score (nSPS) is 24.3. The summed E-state index contributed by atoms with van der Waals surface area (Å²) in [6, 6.07) is 3.63. The minimum absolute atomic E-state index is 0. The molecule has 2 saturated heterocycles. The average Bonchev–Trinajstić information content (AvgIpc) is 3.17. The van der Waals surface area contributed by atoms with E-state index in [9.17, 15) is 9.90 Å². The van der Waals surface area contributed by atoms with Gasteiger partial charge in [0, 0.05) is 42.9 Å². The summed E-state index contributed by atoms with van der Waals surface area (Å²) in [5.74, 6) is 0.955. The summed E-state index contributed by atoms with van der Waals surface area (Å²) in [5.41, 5.74) is 0.0193. The zero-order chi connectivity index (χ0) is 17.9. The number of thiophene rings is 1. The molecule has 2 atom stereocenters. The molecule has 0 aromatic carbocycles. The van der Waals surface area contributed by atoms with E-state index >= 15 is 0 Å². The molecule has 1 aromatic heterocycles. The van der Waals surface area contributed by atoms with Gasteiger partial charge in [-0.05, 0) is 31.9 Å². The summed E-state index contributed by atoms with van der Waals surface area (Å²) in [6.45, 7) is 5.57. The maximum absolute atomic E-state index is 11.7. The maximum Gasteiger partial charge on any atom is 0.220 e. The second-order valence-electron chi connectivity index (χ2n) is 6.83. The Morgan fingerprint density at radius 3 is 3.00 bits per heavy atom. The van der Waals surface area contributed by atoms with E-state index in [2.05, 4.69) is 20.5 Å². The fraction of sp³-hybridized carbons (Fsp3) is 0.647. The molecule has 0 saturated carbocycles. The number of aliphatic imine (C=N–C) groups is 1. The fourth-order valence-corrected chi connectivity index (χ4v) is 4.66. The van der Waals surface area contributed by atoms with Crippen molar-refractivity contribution in [3.05, 3.63) is 21.3 Å². The van der Waals surface area contributed by atoms with Gasteiger partial charge in [0.05, 0.1) is 10.9 Å². The quantitative estimate of drug-likeness (QED) is 0.329. The zero-order valence-corrected chi connectivity index (χ0v) is 18.7. The molecule has 0 bridgehead atoms. The van der Waals surface area contributed by atoms with Gasteiger partial charge in [0.15, 0.2) is 5.96 Å². The van der Waals surface area contributed by atoms with Crippen molar-refractivity contribution in [2.45, 2.75) is 32.3 Å². The number of hydrogen-bond donors (Lipinski definition) is 3. The molecule has 146 valence electrons. The number of piperidine rings is 1. The van der Waals surface area contributed by atoms with Crippen LogP contribution in [0.3, 0.4) is 0 Å². The number of hydrogen-bond acceptors (Lipinski definition) is 4. The van der Waals surface area contributed by atoms with Crippen molar-refractivity contribution in [3.63, 3.8) is 0 Å². The number of halogens is 2. The van der Waals surface area contributed by atoms with Crippen LogP contribution in [0.25, 0.3) is 0 Å². The number of carbonyl (C=O) groups is 1. The van der Waals surface area contributed by atoms with E-state index in [1.54, 1.807) is 6.07 Å². The second kappa shape index (κ2) is 9.57. The predicted molar refractivity (Wildman–Crippen MR) is 117 cm³/mol. The Kier molecular flexibility index (Phi) is 7.99. The van der Waals surface area contributed by atoms with Gasteiger partial charge in [-0.25, -0.2) is 0 Å². The van der Waals surface area contributed by atoms with E-state index in [-0.39, 0.29) is 35.3 Å². The number of nitrogens with one attached hydrogen (secondary N) is 2. The lowest BCUT2D eigenvalue weighted by Crippen LogP contribution is -2.51. The van der Waals surface area contributed by atoms with Crippen LogP contribution in [0.1, 0.15) is 37.2 Å². The molecule has 26 heavy (non-hydrogen) atoms. The van der Waals surface area contributed by atoms with Crippen LogP contribution in [-0.2, 0) is 4.79 Å². The van der Waals surface area contributed by atoms with E-state index < -0.39 is 6.10 Å². The van der Waals surface area contributed by atoms with E-state index in [4.69, 9.17) is 11.6 Å². The first-order valence-corrected chi connectivity index (χ1v) is 9.94. The Hall–Kier alpha value is -0.580. The lowest BCUT2D eigenvalue weighted by atomic mass is 9.79. The summed E-state index contributed by atoms with van der Waals surface area (Å²) in [4.78, 5) is 19.4. The third kappa shape index (κ3) is 5.24. The van der Waals surface area contributed by atoms with Gasteiger partial charge in [-0.3, -0.25) is 9.79 Å². The maximum atomic E-state index is 11.7. The molecule has 2 aliphatic rings. The summed E-state index contributed by atoms with van der Waals surface area (Å²) < 4.78 is 0.668. The minimum atomic E-state index is -0.653. The molecule has 3 rings (SSSR count). The monoisotopic (exact) mass is 512 g/mol. The molecule has 3 heterocycles. The number of nitrogens with zero attached hydrogens (tertiary/aromatic N) is 2. The standard InChI is InChI=1S/C17H25ClN4O2S.HI/c1-2-19-16(20-9-12(23)13-4-5-14(18)25-13)22-7-3-6-17(11-22)8-15(24)21-10-17;/h4-5,12,23H,2-3,6-11H2,1H3,(H,19,20)(H,21,24);1H. The van der Waals surface area contributed by atoms with Crippen LogP contribution in [-0.4, -0.2) is 54.6 Å². The molecule has 0 aliphatic carbocycles. The Morgan fingerprint density at radius 2 is 2.38 bits per heavy atom. The molecule has 3 N–H and O–H groups in total. The van der Waals surface area contributed by atoms with Crippen LogP contribution in [0.2, 0.25) is 4.34 Å². The van der Waals surface area contributed by atoms with Crippen LogP contribution in [0.15, 0.2) is 17.1 Å². The van der Waals surface area contributed by atoms with E-state index in [0.29, 0.717) is 17.3 Å². The first-order valence-electron chi connectivity index (χ1n) is 8.75. The number of aliphatic hydroxyl groups excluding tert-OH is 1. The smallest absolute Gasteiger partial charge is 0.220 e. The van der Waals surface area contributed by atoms with Crippen molar-refractivity contribution >= 4 is 58.8 Å². The highest BCUT2D eigenvalue weighted by Gasteiger charge is 2.42. The molecule has 2 unspecified atom stereocenters. The largest absolute Gasteiger partial charge is 0.386 e. The summed E-state index contributed by atoms with van der Waals surface area (Å²) in [7, 11) is 0. The topological polar surface area (TPSA) is 77.0 Å². The van der Waals surface area contributed by atoms with Gasteiger partial charge < -0.3 is 20.6 Å². The zero-order valence-electron chi connectivity index (χ0n) is 14.8. The highest BCUT2D eigenvalue weighted by molar-refractivity contribution is 14.0. The number of carbonyl (C=O) groups excluding carboxylic acids is 1. The summed E-state index contributed by atoms with van der Waals surface area (Å²) in [6.07, 6.45) is 2.05. The Labute approximate surface area is 180 Å². The molecule has 9 heteroatoms. The SMILES string of the molecule is CCNC(=NCC(O)c1ccc(Cl)s1)N1CCCC2(CNC(=O)C2)C1.I. The van der Waals surface area contributed by atoms with Crippen LogP contribution in [0.5, 0.6) is 0 Å². The molecular weight excluding hydrogens is 487 g/mol. The lowest BCUT2D eigenvalue weighted by Gasteiger charge is -2.40. The number of likely N-dealkylation sites (tertiary alicyclic amines) is 1. The van der Waals surface area contributed by atoms with Crippen molar-refractivity contribution in [3.8, 4) is 0 Å². The highest BCUT2D eigenvalue weighted by atomic mass is 127. The lowest BCUT2D eigenvalue weighted by molar-refractivity contribution is -0.119.